The number of hydrazone groups is 1. The standard InChI is InChI=1S/C2H4N4O3/c3-2(8)9-6(4)5-1-7/h4H2,(H2,3,8). The maximum Gasteiger partial charge on any atom is 0.431 e. The molecule has 1 amide bonds. The molecule has 0 fully saturated rings. The molecule has 50 valence electrons. The van der Waals surface area contributed by atoms with Gasteiger partial charge in [0.25, 0.3) is 6.08 Å². The van der Waals surface area contributed by atoms with Crippen LogP contribution >= 0.6 is 0 Å². The molecule has 0 aliphatic rings. The molecule has 0 aliphatic carbocycles. The molecule has 0 radical (unpaired) electrons. The Kier molecular flexibility index (Phi) is 2.81. The van der Waals surface area contributed by atoms with E-state index in [0.29, 0.717) is 0 Å². The second-order valence-corrected chi connectivity index (χ2v) is 0.904. The SMILES string of the molecule is NC(=O)ON(N)N=C=O. The van der Waals surface area contributed by atoms with E-state index in [4.69, 9.17) is 0 Å². The Morgan fingerprint density at radius 2 is 2.33 bits per heavy atom. The van der Waals surface area contributed by atoms with Crippen molar-refractivity contribution in [3.63, 3.8) is 0 Å². The van der Waals surface area contributed by atoms with E-state index in [1.54, 1.807) is 0 Å². The molecule has 0 aromatic rings. The smallest absolute Gasteiger partial charge is 0.333 e. The average Bonchev–Trinajstić information content (AvgIpc) is 1.63. The Labute approximate surface area is 49.8 Å². The number of carbonyl (C=O) groups is 1. The topological polar surface area (TPSA) is 111 Å². The third-order valence-corrected chi connectivity index (χ3v) is 0.323. The Hall–Kier alpha value is -1.59. The second kappa shape index (κ2) is 3.42. The lowest BCUT2D eigenvalue weighted by Gasteiger charge is -2.03. The molecular formula is C2H4N4O3. The highest BCUT2D eigenvalue weighted by Gasteiger charge is 1.96. The molecule has 9 heavy (non-hydrogen) atoms. The Morgan fingerprint density at radius 1 is 1.78 bits per heavy atom. The Balaban J connectivity index is 3.62. The molecule has 0 saturated carbocycles. The van der Waals surface area contributed by atoms with Gasteiger partial charge in [0.2, 0.25) is 0 Å². The van der Waals surface area contributed by atoms with Crippen molar-refractivity contribution in [1.82, 2.24) is 5.28 Å². The number of hydrogen-bond acceptors (Lipinski definition) is 6. The third kappa shape index (κ3) is 4.26. The van der Waals surface area contributed by atoms with Crippen LogP contribution in [-0.4, -0.2) is 17.5 Å². The summed E-state index contributed by atoms with van der Waals surface area (Å²) in [6.45, 7) is 0. The van der Waals surface area contributed by atoms with E-state index in [9.17, 15) is 9.59 Å². The van der Waals surface area contributed by atoms with Crippen LogP contribution in [0.1, 0.15) is 0 Å². The van der Waals surface area contributed by atoms with Gasteiger partial charge in [-0.3, -0.25) is 4.84 Å². The van der Waals surface area contributed by atoms with Crippen molar-refractivity contribution < 1.29 is 14.4 Å². The maximum atomic E-state index is 9.77. The van der Waals surface area contributed by atoms with E-state index in [1.807, 2.05) is 0 Å². The summed E-state index contributed by atoms with van der Waals surface area (Å²) in [5, 5.41) is 2.75. The molecule has 0 rings (SSSR count). The van der Waals surface area contributed by atoms with E-state index in [-0.39, 0.29) is 5.28 Å². The fraction of sp³-hybridized carbons (Fsp3) is 0. The van der Waals surface area contributed by atoms with Crippen LogP contribution in [0.25, 0.3) is 0 Å². The highest BCUT2D eigenvalue weighted by atomic mass is 16.8. The predicted octanol–water partition coefficient (Wildman–Crippen LogP) is -1.58. The summed E-state index contributed by atoms with van der Waals surface area (Å²) in [6.07, 6.45) is -0.140. The fourth-order valence-corrected chi connectivity index (χ4v) is 0.153. The van der Waals surface area contributed by atoms with Crippen molar-refractivity contribution in [3.05, 3.63) is 0 Å². The van der Waals surface area contributed by atoms with Gasteiger partial charge in [0, 0.05) is 0 Å². The number of rotatable bonds is 2. The number of hydrogen-bond donors (Lipinski definition) is 2. The molecule has 0 saturated heterocycles. The number of primary amides is 1. The van der Waals surface area contributed by atoms with Crippen LogP contribution in [0.15, 0.2) is 5.10 Å². The van der Waals surface area contributed by atoms with Gasteiger partial charge in [-0.1, -0.05) is 0 Å². The minimum atomic E-state index is -1.16. The molecule has 0 atom stereocenters. The first-order valence-electron chi connectivity index (χ1n) is 1.77. The average molecular weight is 132 g/mol. The van der Waals surface area contributed by atoms with Gasteiger partial charge in [0.1, 0.15) is 0 Å². The highest BCUT2D eigenvalue weighted by molar-refractivity contribution is 5.64. The Bertz CT molecular complexity index is 150. The largest absolute Gasteiger partial charge is 0.431 e. The van der Waals surface area contributed by atoms with Crippen molar-refractivity contribution in [3.8, 4) is 0 Å². The van der Waals surface area contributed by atoms with Crippen LogP contribution in [0.4, 0.5) is 4.79 Å². The first-order valence-corrected chi connectivity index (χ1v) is 1.77. The van der Waals surface area contributed by atoms with Gasteiger partial charge >= 0.3 is 6.09 Å². The Morgan fingerprint density at radius 3 is 2.67 bits per heavy atom. The maximum absolute atomic E-state index is 9.77. The van der Waals surface area contributed by atoms with Gasteiger partial charge in [-0.15, -0.1) is 0 Å². The van der Waals surface area contributed by atoms with Crippen molar-refractivity contribution in [2.24, 2.45) is 16.7 Å². The molecule has 0 aliphatic heterocycles. The highest BCUT2D eigenvalue weighted by Crippen LogP contribution is 1.77. The number of isocyanates is 1. The van der Waals surface area contributed by atoms with E-state index < -0.39 is 6.09 Å². The molecule has 7 nitrogen and oxygen atoms in total. The zero-order valence-electron chi connectivity index (χ0n) is 4.27. The molecule has 7 heteroatoms. The van der Waals surface area contributed by atoms with Crippen molar-refractivity contribution in [1.29, 1.82) is 0 Å². The van der Waals surface area contributed by atoms with Gasteiger partial charge in [-0.2, -0.15) is 5.84 Å². The van der Waals surface area contributed by atoms with Crippen LogP contribution in [0.5, 0.6) is 0 Å². The molecule has 0 heterocycles. The first-order chi connectivity index (χ1) is 4.16. The lowest BCUT2D eigenvalue weighted by Crippen LogP contribution is -2.31. The fourth-order valence-electron chi connectivity index (χ4n) is 0.153. The number of nitrogens with two attached hydrogens (primary N) is 2. The summed E-state index contributed by atoms with van der Waals surface area (Å²) in [5.41, 5.74) is 4.45. The normalized spacial score (nSPS) is 7.22. The zero-order valence-corrected chi connectivity index (χ0v) is 4.27. The van der Waals surface area contributed by atoms with Crippen LogP contribution in [-0.2, 0) is 9.63 Å². The van der Waals surface area contributed by atoms with E-state index in [2.05, 4.69) is 21.5 Å². The summed E-state index contributed by atoms with van der Waals surface area (Å²) in [4.78, 5) is 22.9. The second-order valence-electron chi connectivity index (χ2n) is 0.904. The number of hydrazine groups is 1. The third-order valence-electron chi connectivity index (χ3n) is 0.323. The van der Waals surface area contributed by atoms with E-state index in [0.717, 1.165) is 6.08 Å². The number of amides is 1. The molecular weight excluding hydrogens is 128 g/mol. The summed E-state index contributed by atoms with van der Waals surface area (Å²) < 4.78 is 0. The van der Waals surface area contributed by atoms with E-state index in [1.165, 1.54) is 0 Å². The van der Waals surface area contributed by atoms with Crippen LogP contribution in [0.2, 0.25) is 0 Å². The summed E-state index contributed by atoms with van der Waals surface area (Å²) in [5.74, 6) is 4.67. The number of carbonyl (C=O) groups excluding carboxylic acids is 2. The quantitative estimate of drug-likeness (QED) is 0.204. The van der Waals surface area contributed by atoms with Crippen molar-refractivity contribution in [2.45, 2.75) is 0 Å². The summed E-state index contributed by atoms with van der Waals surface area (Å²) in [6, 6.07) is 0. The van der Waals surface area contributed by atoms with E-state index >= 15 is 0 Å². The van der Waals surface area contributed by atoms with Gasteiger partial charge < -0.3 is 5.73 Å². The van der Waals surface area contributed by atoms with Crippen LogP contribution in [0, 0.1) is 0 Å². The molecule has 0 aromatic carbocycles. The predicted molar refractivity (Wildman–Crippen MR) is 24.8 cm³/mol. The molecule has 4 N–H and O–H groups in total. The molecule has 0 bridgehead atoms. The lowest BCUT2D eigenvalue weighted by molar-refractivity contribution is -0.0970. The molecule has 0 aromatic heterocycles. The summed E-state index contributed by atoms with van der Waals surface area (Å²) >= 11 is 0. The minimum absolute atomic E-state index is 0.106. The van der Waals surface area contributed by atoms with Gasteiger partial charge in [0.05, 0.1) is 0 Å². The van der Waals surface area contributed by atoms with Gasteiger partial charge in [-0.05, 0) is 10.4 Å². The number of nitrogens with zero attached hydrogens (tertiary/aromatic N) is 2. The van der Waals surface area contributed by atoms with Crippen molar-refractivity contribution in [2.75, 3.05) is 0 Å². The zero-order chi connectivity index (χ0) is 7.28. The van der Waals surface area contributed by atoms with Crippen LogP contribution < -0.4 is 11.6 Å². The molecule has 0 unspecified atom stereocenters. The minimum Gasteiger partial charge on any atom is -0.333 e. The van der Waals surface area contributed by atoms with Gasteiger partial charge in [-0.25, -0.2) is 9.59 Å². The lowest BCUT2D eigenvalue weighted by atomic mass is 11.3. The summed E-state index contributed by atoms with van der Waals surface area (Å²) in [7, 11) is 0. The first kappa shape index (κ1) is 7.41. The monoisotopic (exact) mass is 132 g/mol. The van der Waals surface area contributed by atoms with Crippen molar-refractivity contribution >= 4 is 12.2 Å². The van der Waals surface area contributed by atoms with Crippen LogP contribution in [0.3, 0.4) is 0 Å². The molecule has 0 spiro atoms. The van der Waals surface area contributed by atoms with Gasteiger partial charge in [0.15, 0.2) is 0 Å².